The first-order valence-electron chi connectivity index (χ1n) is 6.01. The van der Waals surface area contributed by atoms with Crippen molar-refractivity contribution in [3.63, 3.8) is 0 Å². The molecule has 6 heteroatoms. The van der Waals surface area contributed by atoms with Crippen molar-refractivity contribution in [2.24, 2.45) is 0 Å². The molecule has 0 spiro atoms. The third-order valence-corrected chi connectivity index (χ3v) is 3.99. The molecule has 19 heavy (non-hydrogen) atoms. The Hall–Kier alpha value is -1.23. The number of carbonyl (C=O) groups excluding carboxylic acids is 1. The largest absolute Gasteiger partial charge is 0.345 e. The van der Waals surface area contributed by atoms with E-state index < -0.39 is 34.5 Å². The fourth-order valence-corrected chi connectivity index (χ4v) is 2.69. The Bertz CT molecular complexity index is 501. The lowest BCUT2D eigenvalue weighted by atomic mass is 9.99. The van der Waals surface area contributed by atoms with Crippen molar-refractivity contribution in [1.29, 1.82) is 0 Å². The number of alkyl halides is 1. The zero-order valence-corrected chi connectivity index (χ0v) is 10.9. The van der Waals surface area contributed by atoms with Crippen molar-refractivity contribution in [3.05, 3.63) is 35.1 Å². The molecule has 0 saturated heterocycles. The van der Waals surface area contributed by atoms with Crippen LogP contribution in [0.3, 0.4) is 0 Å². The number of rotatable bonds is 3. The van der Waals surface area contributed by atoms with E-state index in [9.17, 15) is 18.0 Å². The third kappa shape index (κ3) is 2.71. The molecule has 0 atom stereocenters. The number of hydrogen-bond acceptors (Lipinski definition) is 1. The van der Waals surface area contributed by atoms with E-state index in [1.54, 1.807) is 0 Å². The summed E-state index contributed by atoms with van der Waals surface area (Å²) in [6.45, 7) is 0. The Balaban J connectivity index is 2.23. The highest BCUT2D eigenvalue weighted by Gasteiger charge is 2.35. The fourth-order valence-electron chi connectivity index (χ4n) is 2.35. The molecule has 1 aromatic rings. The molecule has 1 aromatic carbocycles. The highest BCUT2D eigenvalue weighted by molar-refractivity contribution is 6.19. The van der Waals surface area contributed by atoms with E-state index in [2.05, 4.69) is 5.32 Å². The average Bonchev–Trinajstić information content (AvgIpc) is 2.85. The Kier molecular flexibility index (Phi) is 4.04. The molecule has 0 unspecified atom stereocenters. The van der Waals surface area contributed by atoms with Gasteiger partial charge in [-0.3, -0.25) is 4.79 Å². The maximum Gasteiger partial charge on any atom is 0.254 e. The molecule has 0 radical (unpaired) electrons. The van der Waals surface area contributed by atoms with Gasteiger partial charge in [-0.15, -0.1) is 11.6 Å². The number of amides is 1. The van der Waals surface area contributed by atoms with Crippen LogP contribution in [0.4, 0.5) is 13.2 Å². The Labute approximate surface area is 113 Å². The first kappa shape index (κ1) is 14.2. The fraction of sp³-hybridized carbons (Fsp3) is 0.462. The van der Waals surface area contributed by atoms with E-state index in [1.807, 2.05) is 0 Å². The number of halogens is 4. The molecule has 1 fully saturated rings. The second-order valence-electron chi connectivity index (χ2n) is 4.80. The summed E-state index contributed by atoms with van der Waals surface area (Å²) >= 11 is 5.85. The van der Waals surface area contributed by atoms with Crippen LogP contribution in [0, 0.1) is 17.5 Å². The zero-order chi connectivity index (χ0) is 14.0. The molecular weight excluding hydrogens is 279 g/mol. The van der Waals surface area contributed by atoms with Crippen LogP contribution in [0.25, 0.3) is 0 Å². The summed E-state index contributed by atoms with van der Waals surface area (Å²) in [6, 6.07) is 1.66. The van der Waals surface area contributed by atoms with Gasteiger partial charge in [-0.1, -0.05) is 12.8 Å². The molecule has 2 nitrogen and oxygen atoms in total. The molecular formula is C13H13ClF3NO. The van der Waals surface area contributed by atoms with Gasteiger partial charge in [-0.2, -0.15) is 0 Å². The van der Waals surface area contributed by atoms with Crippen molar-refractivity contribution in [2.45, 2.75) is 31.2 Å². The van der Waals surface area contributed by atoms with E-state index in [4.69, 9.17) is 11.6 Å². The average molecular weight is 292 g/mol. The topological polar surface area (TPSA) is 29.1 Å². The second-order valence-corrected chi connectivity index (χ2v) is 5.07. The highest BCUT2D eigenvalue weighted by Crippen LogP contribution is 2.31. The maximum atomic E-state index is 13.5. The Morgan fingerprint density at radius 2 is 1.84 bits per heavy atom. The first-order valence-corrected chi connectivity index (χ1v) is 6.54. The smallest absolute Gasteiger partial charge is 0.254 e. The second kappa shape index (κ2) is 5.41. The third-order valence-electron chi connectivity index (χ3n) is 3.47. The van der Waals surface area contributed by atoms with Crippen LogP contribution in [0.5, 0.6) is 0 Å². The normalized spacial score (nSPS) is 17.5. The van der Waals surface area contributed by atoms with Crippen LogP contribution in [-0.4, -0.2) is 17.3 Å². The number of nitrogens with one attached hydrogen (secondary N) is 1. The number of benzene rings is 1. The van der Waals surface area contributed by atoms with E-state index in [1.165, 1.54) is 0 Å². The molecule has 1 aliphatic rings. The molecule has 1 saturated carbocycles. The molecule has 0 heterocycles. The molecule has 1 N–H and O–H groups in total. The van der Waals surface area contributed by atoms with Crippen molar-refractivity contribution in [2.75, 3.05) is 5.88 Å². The van der Waals surface area contributed by atoms with Gasteiger partial charge >= 0.3 is 0 Å². The molecule has 0 bridgehead atoms. The van der Waals surface area contributed by atoms with Crippen LogP contribution in [0.2, 0.25) is 0 Å². The highest BCUT2D eigenvalue weighted by atomic mass is 35.5. The predicted octanol–water partition coefficient (Wildman–Crippen LogP) is 3.39. The van der Waals surface area contributed by atoms with Crippen molar-refractivity contribution >= 4 is 17.5 Å². The summed E-state index contributed by atoms with van der Waals surface area (Å²) in [6.07, 6.45) is 3.25. The van der Waals surface area contributed by atoms with E-state index in [0.717, 1.165) is 25.0 Å². The number of hydrogen-bond donors (Lipinski definition) is 1. The first-order chi connectivity index (χ1) is 8.99. The van der Waals surface area contributed by atoms with E-state index >= 15 is 0 Å². The predicted molar refractivity (Wildman–Crippen MR) is 65.7 cm³/mol. The van der Waals surface area contributed by atoms with Gasteiger partial charge in [0.25, 0.3) is 5.91 Å². The van der Waals surface area contributed by atoms with Gasteiger partial charge in [0.2, 0.25) is 0 Å². The molecule has 104 valence electrons. The quantitative estimate of drug-likeness (QED) is 0.671. The molecule has 2 rings (SSSR count). The Morgan fingerprint density at radius 1 is 1.21 bits per heavy atom. The van der Waals surface area contributed by atoms with Gasteiger partial charge in [0.15, 0.2) is 17.5 Å². The van der Waals surface area contributed by atoms with Crippen LogP contribution in [-0.2, 0) is 0 Å². The monoisotopic (exact) mass is 291 g/mol. The van der Waals surface area contributed by atoms with E-state index in [0.29, 0.717) is 12.8 Å². The number of carbonyl (C=O) groups is 1. The van der Waals surface area contributed by atoms with Crippen molar-refractivity contribution in [1.82, 2.24) is 5.32 Å². The minimum absolute atomic E-state index is 0.212. The lowest BCUT2D eigenvalue weighted by molar-refractivity contribution is 0.0904. The molecule has 1 amide bonds. The molecule has 1 aliphatic carbocycles. The van der Waals surface area contributed by atoms with Gasteiger partial charge in [-0.05, 0) is 25.0 Å². The van der Waals surface area contributed by atoms with Crippen molar-refractivity contribution < 1.29 is 18.0 Å². The van der Waals surface area contributed by atoms with Gasteiger partial charge < -0.3 is 5.32 Å². The van der Waals surface area contributed by atoms with Crippen LogP contribution < -0.4 is 5.32 Å². The SMILES string of the molecule is O=C(NC1(CCl)CCCC1)c1ccc(F)c(F)c1F. The maximum absolute atomic E-state index is 13.5. The summed E-state index contributed by atoms with van der Waals surface area (Å²) in [5.74, 6) is -4.98. The summed E-state index contributed by atoms with van der Waals surface area (Å²) < 4.78 is 39.4. The van der Waals surface area contributed by atoms with Crippen LogP contribution in [0.15, 0.2) is 12.1 Å². The lowest BCUT2D eigenvalue weighted by Crippen LogP contribution is -2.48. The summed E-state index contributed by atoms with van der Waals surface area (Å²) in [5.41, 5.74) is -1.08. The minimum Gasteiger partial charge on any atom is -0.345 e. The lowest BCUT2D eigenvalue weighted by Gasteiger charge is -2.27. The van der Waals surface area contributed by atoms with Gasteiger partial charge in [-0.25, -0.2) is 13.2 Å². The summed E-state index contributed by atoms with van der Waals surface area (Å²) in [5, 5.41) is 2.65. The minimum atomic E-state index is -1.64. The summed E-state index contributed by atoms with van der Waals surface area (Å²) in [4.78, 5) is 12.0. The van der Waals surface area contributed by atoms with Crippen LogP contribution >= 0.6 is 11.6 Å². The molecule has 0 aliphatic heterocycles. The zero-order valence-electron chi connectivity index (χ0n) is 10.1. The van der Waals surface area contributed by atoms with Gasteiger partial charge in [0.05, 0.1) is 11.1 Å². The standard InChI is InChI=1S/C13H13ClF3NO/c14-7-13(5-1-2-6-13)18-12(19)8-3-4-9(15)11(17)10(8)16/h3-4H,1-2,5-7H2,(H,18,19). The summed E-state index contributed by atoms with van der Waals surface area (Å²) in [7, 11) is 0. The van der Waals surface area contributed by atoms with Gasteiger partial charge in [0.1, 0.15) is 0 Å². The van der Waals surface area contributed by atoms with Crippen molar-refractivity contribution in [3.8, 4) is 0 Å². The van der Waals surface area contributed by atoms with Gasteiger partial charge in [0, 0.05) is 5.88 Å². The van der Waals surface area contributed by atoms with Crippen LogP contribution in [0.1, 0.15) is 36.0 Å². The molecule has 0 aromatic heterocycles. The van der Waals surface area contributed by atoms with E-state index in [-0.39, 0.29) is 5.88 Å². The Morgan fingerprint density at radius 3 is 2.42 bits per heavy atom.